The number of nitrogens with zero attached hydrogens (tertiary/aromatic N) is 1. The Morgan fingerprint density at radius 1 is 1.08 bits per heavy atom. The van der Waals surface area contributed by atoms with Gasteiger partial charge in [-0.15, -0.1) is 11.8 Å². The van der Waals surface area contributed by atoms with Crippen molar-refractivity contribution in [1.82, 2.24) is 4.90 Å². The molecule has 1 saturated heterocycles. The number of aryl methyl sites for hydroxylation is 1. The highest BCUT2D eigenvalue weighted by molar-refractivity contribution is 7.99. The van der Waals surface area contributed by atoms with Gasteiger partial charge in [-0.1, -0.05) is 48.0 Å². The summed E-state index contributed by atoms with van der Waals surface area (Å²) >= 11 is 1.40. The Morgan fingerprint density at radius 3 is 2.32 bits per heavy atom. The minimum absolute atomic E-state index is 0.0623. The van der Waals surface area contributed by atoms with E-state index in [1.165, 1.54) is 23.9 Å². The summed E-state index contributed by atoms with van der Waals surface area (Å²) in [5.74, 6) is -0.307. The van der Waals surface area contributed by atoms with E-state index < -0.39 is 16.2 Å². The van der Waals surface area contributed by atoms with Crippen molar-refractivity contribution in [2.24, 2.45) is 0 Å². The smallest absolute Gasteiger partial charge is 0.297 e. The van der Waals surface area contributed by atoms with Crippen LogP contribution in [0.5, 0.6) is 0 Å². The van der Waals surface area contributed by atoms with E-state index in [1.807, 2.05) is 43.5 Å². The lowest BCUT2D eigenvalue weighted by Gasteiger charge is -2.45. The molecule has 0 N–H and O–H groups in total. The molecule has 0 unspecified atom stereocenters. The van der Waals surface area contributed by atoms with Gasteiger partial charge < -0.3 is 4.90 Å². The SMILES string of the molecule is CS[C@H]1[C@H](OS(=O)(=O)c2ccc(C)cc2)C(=O)N1Cc1ccccc1. The van der Waals surface area contributed by atoms with Gasteiger partial charge >= 0.3 is 0 Å². The Kier molecular flexibility index (Phi) is 5.17. The summed E-state index contributed by atoms with van der Waals surface area (Å²) in [7, 11) is -3.97. The van der Waals surface area contributed by atoms with E-state index in [0.29, 0.717) is 6.54 Å². The van der Waals surface area contributed by atoms with Crippen molar-refractivity contribution in [3.63, 3.8) is 0 Å². The number of amides is 1. The van der Waals surface area contributed by atoms with Crippen LogP contribution < -0.4 is 0 Å². The normalized spacial score (nSPS) is 20.4. The molecule has 7 heteroatoms. The Balaban J connectivity index is 1.73. The van der Waals surface area contributed by atoms with Gasteiger partial charge in [-0.2, -0.15) is 8.42 Å². The van der Waals surface area contributed by atoms with Crippen LogP contribution in [0.2, 0.25) is 0 Å². The summed E-state index contributed by atoms with van der Waals surface area (Å²) in [6.07, 6.45) is 0.856. The lowest BCUT2D eigenvalue weighted by molar-refractivity contribution is -0.156. The molecule has 1 heterocycles. The number of likely N-dealkylation sites (tertiary alicyclic amines) is 1. The standard InChI is InChI=1S/C18H19NO4S2/c1-13-8-10-15(11-9-13)25(21,22)23-16-17(20)19(18(16)24-2)12-14-6-4-3-5-7-14/h3-11,16,18H,12H2,1-2H3/t16-,18+/m1/s1. The molecule has 0 radical (unpaired) electrons. The first-order valence-corrected chi connectivity index (χ1v) is 10.5. The van der Waals surface area contributed by atoms with Crippen LogP contribution in [0.4, 0.5) is 0 Å². The Bertz CT molecular complexity index is 850. The first-order valence-electron chi connectivity index (χ1n) is 7.79. The maximum absolute atomic E-state index is 12.4. The van der Waals surface area contributed by atoms with Gasteiger partial charge in [0.25, 0.3) is 16.0 Å². The van der Waals surface area contributed by atoms with Crippen LogP contribution in [0.1, 0.15) is 11.1 Å². The van der Waals surface area contributed by atoms with Crippen LogP contribution >= 0.6 is 11.8 Å². The fraction of sp³-hybridized carbons (Fsp3) is 0.278. The number of thioether (sulfide) groups is 1. The maximum atomic E-state index is 12.4. The molecular formula is C18H19NO4S2. The molecular weight excluding hydrogens is 358 g/mol. The number of rotatable bonds is 6. The molecule has 1 fully saturated rings. The Hall–Kier alpha value is -1.83. The number of hydrogen-bond acceptors (Lipinski definition) is 5. The lowest BCUT2D eigenvalue weighted by Crippen LogP contribution is -2.63. The summed E-state index contributed by atoms with van der Waals surface area (Å²) < 4.78 is 30.1. The van der Waals surface area contributed by atoms with E-state index in [9.17, 15) is 13.2 Å². The van der Waals surface area contributed by atoms with E-state index in [0.717, 1.165) is 11.1 Å². The molecule has 132 valence electrons. The molecule has 0 bridgehead atoms. The van der Waals surface area contributed by atoms with E-state index in [1.54, 1.807) is 17.0 Å². The monoisotopic (exact) mass is 377 g/mol. The predicted molar refractivity (Wildman–Crippen MR) is 97.5 cm³/mol. The highest BCUT2D eigenvalue weighted by Gasteiger charge is 2.50. The zero-order chi connectivity index (χ0) is 18.0. The zero-order valence-corrected chi connectivity index (χ0v) is 15.6. The van der Waals surface area contributed by atoms with Crippen LogP contribution in [0, 0.1) is 6.92 Å². The molecule has 5 nitrogen and oxygen atoms in total. The van der Waals surface area contributed by atoms with Gasteiger partial charge in [0, 0.05) is 6.54 Å². The van der Waals surface area contributed by atoms with E-state index in [4.69, 9.17) is 4.18 Å². The van der Waals surface area contributed by atoms with Crippen LogP contribution in [-0.4, -0.2) is 37.0 Å². The number of β-lactam (4-membered cyclic amide) rings is 1. The van der Waals surface area contributed by atoms with Crippen molar-refractivity contribution in [3.8, 4) is 0 Å². The minimum atomic E-state index is -3.97. The second kappa shape index (κ2) is 7.19. The maximum Gasteiger partial charge on any atom is 0.297 e. The Labute approximate surface area is 152 Å². The molecule has 25 heavy (non-hydrogen) atoms. The van der Waals surface area contributed by atoms with Crippen molar-refractivity contribution in [2.45, 2.75) is 29.8 Å². The molecule has 1 aliphatic rings. The molecule has 2 atom stereocenters. The predicted octanol–water partition coefficient (Wildman–Crippen LogP) is 2.80. The average Bonchev–Trinajstić information content (AvgIpc) is 2.61. The third kappa shape index (κ3) is 3.73. The fourth-order valence-electron chi connectivity index (χ4n) is 2.68. The number of hydrogen-bond donors (Lipinski definition) is 0. The van der Waals surface area contributed by atoms with Crippen molar-refractivity contribution < 1.29 is 17.4 Å². The van der Waals surface area contributed by atoms with Crippen LogP contribution in [-0.2, 0) is 25.6 Å². The highest BCUT2D eigenvalue weighted by atomic mass is 32.2. The second-order valence-corrected chi connectivity index (χ2v) is 8.39. The summed E-state index contributed by atoms with van der Waals surface area (Å²) in [4.78, 5) is 14.1. The molecule has 0 aliphatic carbocycles. The fourth-order valence-corrected chi connectivity index (χ4v) is 4.64. The molecule has 0 saturated carbocycles. The summed E-state index contributed by atoms with van der Waals surface area (Å²) in [5.41, 5.74) is 1.95. The third-order valence-corrected chi connectivity index (χ3v) is 6.36. The molecule has 2 aromatic carbocycles. The van der Waals surface area contributed by atoms with Crippen molar-refractivity contribution in [1.29, 1.82) is 0 Å². The van der Waals surface area contributed by atoms with Gasteiger partial charge in [0.15, 0.2) is 6.10 Å². The largest absolute Gasteiger partial charge is 0.321 e. The molecule has 0 spiro atoms. The van der Waals surface area contributed by atoms with Crippen molar-refractivity contribution in [3.05, 3.63) is 65.7 Å². The molecule has 1 aliphatic heterocycles. The third-order valence-electron chi connectivity index (χ3n) is 4.07. The van der Waals surface area contributed by atoms with E-state index in [-0.39, 0.29) is 16.2 Å². The van der Waals surface area contributed by atoms with Gasteiger partial charge in [0.1, 0.15) is 5.37 Å². The van der Waals surface area contributed by atoms with Gasteiger partial charge in [-0.05, 0) is 30.9 Å². The summed E-state index contributed by atoms with van der Waals surface area (Å²) in [5, 5.41) is -0.326. The summed E-state index contributed by atoms with van der Waals surface area (Å²) in [6.45, 7) is 2.31. The van der Waals surface area contributed by atoms with Crippen molar-refractivity contribution in [2.75, 3.05) is 6.26 Å². The molecule has 3 rings (SSSR count). The average molecular weight is 377 g/mol. The van der Waals surface area contributed by atoms with Gasteiger partial charge in [-0.3, -0.25) is 4.79 Å². The number of carbonyl (C=O) groups excluding carboxylic acids is 1. The molecule has 1 amide bonds. The van der Waals surface area contributed by atoms with E-state index >= 15 is 0 Å². The van der Waals surface area contributed by atoms with Crippen molar-refractivity contribution >= 4 is 27.8 Å². The first-order chi connectivity index (χ1) is 11.9. The topological polar surface area (TPSA) is 63.7 Å². The number of benzene rings is 2. The van der Waals surface area contributed by atoms with Gasteiger partial charge in [-0.25, -0.2) is 4.18 Å². The lowest BCUT2D eigenvalue weighted by atomic mass is 10.1. The van der Waals surface area contributed by atoms with Crippen LogP contribution in [0.3, 0.4) is 0 Å². The number of carbonyl (C=O) groups is 1. The second-order valence-electron chi connectivity index (χ2n) is 5.86. The molecule has 0 aromatic heterocycles. The quantitative estimate of drug-likeness (QED) is 0.572. The van der Waals surface area contributed by atoms with Crippen LogP contribution in [0.25, 0.3) is 0 Å². The Morgan fingerprint density at radius 2 is 1.72 bits per heavy atom. The van der Waals surface area contributed by atoms with Gasteiger partial charge in [0.05, 0.1) is 4.90 Å². The van der Waals surface area contributed by atoms with Gasteiger partial charge in [0.2, 0.25) is 0 Å². The minimum Gasteiger partial charge on any atom is -0.321 e. The van der Waals surface area contributed by atoms with Crippen LogP contribution in [0.15, 0.2) is 59.5 Å². The zero-order valence-electron chi connectivity index (χ0n) is 14.0. The first kappa shape index (κ1) is 18.0. The van der Waals surface area contributed by atoms with E-state index in [2.05, 4.69) is 0 Å². The highest BCUT2D eigenvalue weighted by Crippen LogP contribution is 2.34. The molecule has 2 aromatic rings. The summed E-state index contributed by atoms with van der Waals surface area (Å²) in [6, 6.07) is 16.0.